The Balaban J connectivity index is 0.859. The van der Waals surface area contributed by atoms with Crippen molar-refractivity contribution in [3.63, 3.8) is 0 Å². The lowest BCUT2D eigenvalue weighted by atomic mass is 9.59. The minimum atomic E-state index is -4.76. The molecule has 22 heteroatoms. The van der Waals surface area contributed by atoms with E-state index in [1.165, 1.54) is 30.4 Å². The number of rotatable bonds is 17. The number of hydrogen-bond acceptors (Lipinski definition) is 17. The minimum absolute atomic E-state index is 0.0272. The Kier molecular flexibility index (Phi) is 15.5. The van der Waals surface area contributed by atoms with E-state index in [1.54, 1.807) is 26.2 Å². The fraction of sp³-hybridized carbons (Fsp3) is 0.456. The molecule has 6 aromatic rings. The predicted molar refractivity (Wildman–Crippen MR) is 293 cm³/mol. The fourth-order valence-corrected chi connectivity index (χ4v) is 13.0. The Labute approximate surface area is 458 Å². The maximum Gasteiger partial charge on any atom is 0.312 e. The van der Waals surface area contributed by atoms with Gasteiger partial charge in [-0.05, 0) is 110 Å². The number of amides is 1. The van der Waals surface area contributed by atoms with Crippen molar-refractivity contribution in [2.24, 2.45) is 11.3 Å². The molecule has 4 aliphatic rings. The van der Waals surface area contributed by atoms with Crippen LogP contribution in [-0.4, -0.2) is 119 Å². The summed E-state index contributed by atoms with van der Waals surface area (Å²) in [6.45, 7) is 11.2. The Morgan fingerprint density at radius 1 is 1.00 bits per heavy atom. The van der Waals surface area contributed by atoms with Crippen molar-refractivity contribution >= 4 is 44.2 Å². The van der Waals surface area contributed by atoms with Crippen LogP contribution in [0.5, 0.6) is 23.3 Å². The number of halogens is 1. The summed E-state index contributed by atoms with van der Waals surface area (Å²) in [6, 6.07) is 22.3. The second-order valence-electron chi connectivity index (χ2n) is 22.2. The van der Waals surface area contributed by atoms with Crippen LogP contribution < -0.4 is 29.1 Å². The van der Waals surface area contributed by atoms with Gasteiger partial charge in [0.15, 0.2) is 5.75 Å². The SMILES string of the molecule is COc1cc(CN2CCN(C3CC4(CCN(c5ccc(C(=O)NS(=O)(=O)c6cnc(NCC7CCC(C)(O)CC7)c([N+](=O)[O-])c6)c(Oc6cc7c(F)c[nH]c7nc6OC)c5)CC4)C3)[C@H](c3ccccc3C(C)C)C2)cc(C#N)n1. The Bertz CT molecular complexity index is 3420. The molecule has 0 unspecified atom stereocenters. The quantitative estimate of drug-likeness (QED) is 0.0491. The molecule has 4 aromatic heterocycles. The maximum absolute atomic E-state index is 14.9. The molecule has 6 heterocycles. The summed E-state index contributed by atoms with van der Waals surface area (Å²) in [5.74, 6) is -1.07. The van der Waals surface area contributed by atoms with Crippen LogP contribution in [0.2, 0.25) is 0 Å². The van der Waals surface area contributed by atoms with Gasteiger partial charge in [0, 0.05) is 94.0 Å². The van der Waals surface area contributed by atoms with Crippen molar-refractivity contribution in [2.45, 2.75) is 107 Å². The number of benzene rings is 2. The van der Waals surface area contributed by atoms with Gasteiger partial charge in [0.25, 0.3) is 21.8 Å². The molecule has 4 fully saturated rings. The first-order valence-electron chi connectivity index (χ1n) is 26.8. The molecule has 2 saturated carbocycles. The first-order chi connectivity index (χ1) is 37.8. The summed E-state index contributed by atoms with van der Waals surface area (Å²) >= 11 is 0. The molecule has 2 saturated heterocycles. The third-order valence-corrected chi connectivity index (χ3v) is 17.9. The van der Waals surface area contributed by atoms with Crippen molar-refractivity contribution in [1.82, 2.24) is 34.5 Å². The number of carbonyl (C=O) groups is 1. The van der Waals surface area contributed by atoms with E-state index in [-0.39, 0.29) is 57.2 Å². The Morgan fingerprint density at radius 3 is 2.47 bits per heavy atom. The van der Waals surface area contributed by atoms with Gasteiger partial charge >= 0.3 is 5.69 Å². The standard InChI is InChI=1S/C57H66FN11O9S/c1-35(2)42-8-6-7-9-43(42)48-34-66(33-37-22-38(29-59)63-51(23-37)76-4)20-21-68(48)40-27-57(28-40)16-18-67(19-17-57)39-10-11-44(49(24-39)78-50-26-45-46(58)32-62-52(45)64-55(50)77-5)54(70)65-79(74,75)41-25-47(69(72)73)53(61-31-41)60-30-36-12-14-56(3,71)15-13-36/h6-11,22-26,31-32,35-36,40,48,71H,12-21,27-28,30,33-34H2,1-5H3,(H,60,61)(H,62,64)(H,65,70)/t36?,48-,56?/m0/s1. The highest BCUT2D eigenvalue weighted by molar-refractivity contribution is 7.90. The molecular weight excluding hydrogens is 1030 g/mol. The summed E-state index contributed by atoms with van der Waals surface area (Å²) in [5.41, 5.74) is 3.47. The number of nitrogens with one attached hydrogen (secondary N) is 3. The molecular formula is C57H66FN11O9S. The smallest absolute Gasteiger partial charge is 0.312 e. The molecule has 0 bridgehead atoms. The van der Waals surface area contributed by atoms with E-state index in [9.17, 15) is 38.1 Å². The van der Waals surface area contributed by atoms with Gasteiger partial charge in [-0.1, -0.05) is 38.1 Å². The van der Waals surface area contributed by atoms with Crippen LogP contribution in [0.4, 0.5) is 21.6 Å². The second-order valence-corrected chi connectivity index (χ2v) is 23.9. The molecule has 1 amide bonds. The van der Waals surface area contributed by atoms with Crippen LogP contribution >= 0.6 is 0 Å². The van der Waals surface area contributed by atoms with E-state index in [2.05, 4.69) is 88.9 Å². The number of methoxy groups -OCH3 is 2. The van der Waals surface area contributed by atoms with Gasteiger partial charge in [0.2, 0.25) is 11.7 Å². The monoisotopic (exact) mass is 1100 g/mol. The third-order valence-electron chi connectivity index (χ3n) is 16.6. The average molecular weight is 1100 g/mol. The van der Waals surface area contributed by atoms with Crippen LogP contribution in [-0.2, 0) is 16.6 Å². The number of pyridine rings is 3. The number of H-pyrrole nitrogens is 1. The van der Waals surface area contributed by atoms with E-state index in [0.717, 1.165) is 69.3 Å². The number of fused-ring (bicyclic) bond motifs is 1. The van der Waals surface area contributed by atoms with E-state index in [1.807, 2.05) is 12.1 Å². The minimum Gasteiger partial charge on any atom is -0.481 e. The number of piperidine rings is 1. The highest BCUT2D eigenvalue weighted by Gasteiger charge is 2.50. The molecule has 2 aromatic carbocycles. The van der Waals surface area contributed by atoms with Crippen LogP contribution in [0, 0.1) is 38.6 Å². The van der Waals surface area contributed by atoms with Crippen LogP contribution in [0.25, 0.3) is 11.0 Å². The summed E-state index contributed by atoms with van der Waals surface area (Å²) in [4.78, 5) is 48.0. The number of anilines is 2. The number of aromatic nitrogens is 4. The summed E-state index contributed by atoms with van der Waals surface area (Å²) < 4.78 is 62.1. The van der Waals surface area contributed by atoms with Gasteiger partial charge in [0.1, 0.15) is 33.9 Å². The molecule has 2 aliphatic heterocycles. The van der Waals surface area contributed by atoms with Gasteiger partial charge in [-0.25, -0.2) is 27.5 Å². The van der Waals surface area contributed by atoms with Crippen molar-refractivity contribution in [3.05, 3.63) is 123 Å². The number of nitrogens with zero attached hydrogens (tertiary/aromatic N) is 8. The number of ether oxygens (including phenoxy) is 3. The number of carbonyl (C=O) groups excluding carboxylic acids is 1. The van der Waals surface area contributed by atoms with E-state index in [0.29, 0.717) is 81.1 Å². The Hall–Kier alpha value is -7.45. The molecule has 2 aliphatic carbocycles. The average Bonchev–Trinajstić information content (AvgIpc) is 3.84. The molecule has 416 valence electrons. The first kappa shape index (κ1) is 54.9. The summed E-state index contributed by atoms with van der Waals surface area (Å²) in [5, 5.41) is 35.3. The number of nitro groups is 1. The molecule has 79 heavy (non-hydrogen) atoms. The lowest BCUT2D eigenvalue weighted by Gasteiger charge is -2.58. The number of hydrogen-bond donors (Lipinski definition) is 4. The number of sulfonamides is 1. The predicted octanol–water partition coefficient (Wildman–Crippen LogP) is 8.98. The van der Waals surface area contributed by atoms with E-state index >= 15 is 0 Å². The Morgan fingerprint density at radius 2 is 1.76 bits per heavy atom. The van der Waals surface area contributed by atoms with Gasteiger partial charge in [0.05, 0.1) is 41.9 Å². The number of piperazine rings is 1. The van der Waals surface area contributed by atoms with Crippen molar-refractivity contribution in [3.8, 4) is 29.3 Å². The number of aromatic amines is 1. The van der Waals surface area contributed by atoms with Crippen LogP contribution in [0.1, 0.15) is 117 Å². The molecule has 4 N–H and O–H groups in total. The largest absolute Gasteiger partial charge is 0.481 e. The highest BCUT2D eigenvalue weighted by atomic mass is 32.2. The topological polar surface area (TPSA) is 254 Å². The lowest BCUT2D eigenvalue weighted by Crippen LogP contribution is -2.60. The lowest BCUT2D eigenvalue weighted by molar-refractivity contribution is -0.384. The molecule has 20 nitrogen and oxygen atoms in total. The molecule has 1 spiro atoms. The van der Waals surface area contributed by atoms with Gasteiger partial charge in [-0.2, -0.15) is 10.2 Å². The first-order valence-corrected chi connectivity index (χ1v) is 28.3. The normalized spacial score (nSPS) is 20.9. The zero-order valence-electron chi connectivity index (χ0n) is 45.0. The molecule has 0 radical (unpaired) electrons. The zero-order valence-corrected chi connectivity index (χ0v) is 45.8. The highest BCUT2D eigenvalue weighted by Crippen LogP contribution is 2.53. The zero-order chi connectivity index (χ0) is 55.8. The van der Waals surface area contributed by atoms with Crippen molar-refractivity contribution < 1.29 is 41.8 Å². The molecule has 10 rings (SSSR count). The van der Waals surface area contributed by atoms with Crippen LogP contribution in [0.15, 0.2) is 84.0 Å². The van der Waals surface area contributed by atoms with Gasteiger partial charge in [-0.15, -0.1) is 0 Å². The fourth-order valence-electron chi connectivity index (χ4n) is 12.1. The van der Waals surface area contributed by atoms with Gasteiger partial charge < -0.3 is 34.5 Å². The third kappa shape index (κ3) is 11.8. The van der Waals surface area contributed by atoms with Crippen molar-refractivity contribution in [2.75, 3.05) is 63.7 Å². The number of nitriles is 1. The number of aliphatic hydroxyl groups is 1. The van der Waals surface area contributed by atoms with Crippen molar-refractivity contribution in [1.29, 1.82) is 5.26 Å². The van der Waals surface area contributed by atoms with Crippen LogP contribution in [0.3, 0.4) is 0 Å². The second kappa shape index (κ2) is 22.4. The summed E-state index contributed by atoms with van der Waals surface area (Å²) in [7, 11) is -1.84. The summed E-state index contributed by atoms with van der Waals surface area (Å²) in [6.07, 6.45) is 8.59. The van der Waals surface area contributed by atoms with Gasteiger partial charge in [-0.3, -0.25) is 24.7 Å². The maximum atomic E-state index is 14.9. The van der Waals surface area contributed by atoms with E-state index < -0.39 is 42.9 Å². The molecule has 1 atom stereocenters. The van der Waals surface area contributed by atoms with E-state index in [4.69, 9.17) is 14.2 Å².